The van der Waals surface area contributed by atoms with Gasteiger partial charge in [-0.2, -0.15) is 0 Å². The molecule has 0 saturated heterocycles. The van der Waals surface area contributed by atoms with Crippen LogP contribution < -0.4 is 10.0 Å². The number of rotatable bonds is 3. The Labute approximate surface area is 117 Å². The van der Waals surface area contributed by atoms with Gasteiger partial charge < -0.3 is 5.73 Å². The van der Waals surface area contributed by atoms with Crippen molar-refractivity contribution in [2.24, 2.45) is 0 Å². The summed E-state index contributed by atoms with van der Waals surface area (Å²) in [6.45, 7) is 1.79. The molecule has 106 valence electrons. The van der Waals surface area contributed by atoms with E-state index in [0.29, 0.717) is 5.69 Å². The molecule has 0 amide bonds. The zero-order valence-corrected chi connectivity index (χ0v) is 12.0. The minimum atomic E-state index is -3.76. The van der Waals surface area contributed by atoms with Crippen molar-refractivity contribution in [3.05, 3.63) is 53.8 Å². The fraction of sp³-hybridized carbons (Fsp3) is 0.143. The Kier molecular flexibility index (Phi) is 3.67. The summed E-state index contributed by atoms with van der Waals surface area (Å²) >= 11 is 0. The third kappa shape index (κ3) is 2.60. The second-order valence-corrected chi connectivity index (χ2v) is 6.44. The van der Waals surface area contributed by atoms with Crippen LogP contribution in [0, 0.1) is 12.7 Å². The molecule has 2 N–H and O–H groups in total. The molecule has 0 aromatic heterocycles. The van der Waals surface area contributed by atoms with Gasteiger partial charge in [-0.05, 0) is 42.8 Å². The van der Waals surface area contributed by atoms with Gasteiger partial charge in [-0.1, -0.05) is 12.1 Å². The van der Waals surface area contributed by atoms with Gasteiger partial charge in [-0.15, -0.1) is 0 Å². The molecule has 0 atom stereocenters. The summed E-state index contributed by atoms with van der Waals surface area (Å²) in [5, 5.41) is 0. The van der Waals surface area contributed by atoms with Gasteiger partial charge in [0.15, 0.2) is 0 Å². The minimum Gasteiger partial charge on any atom is -0.398 e. The van der Waals surface area contributed by atoms with E-state index in [-0.39, 0.29) is 10.6 Å². The second-order valence-electron chi connectivity index (χ2n) is 4.47. The third-order valence-electron chi connectivity index (χ3n) is 3.08. The van der Waals surface area contributed by atoms with Crippen LogP contribution >= 0.6 is 0 Å². The lowest BCUT2D eigenvalue weighted by Crippen LogP contribution is -2.26. The molecule has 0 unspecified atom stereocenters. The molecule has 2 aromatic carbocycles. The molecule has 2 aromatic rings. The number of benzene rings is 2. The maximum atomic E-state index is 13.2. The number of halogens is 1. The normalized spacial score (nSPS) is 11.3. The first kappa shape index (κ1) is 14.3. The molecule has 0 bridgehead atoms. The lowest BCUT2D eigenvalue weighted by atomic mass is 10.2. The Bertz CT molecular complexity index is 745. The van der Waals surface area contributed by atoms with E-state index < -0.39 is 15.8 Å². The van der Waals surface area contributed by atoms with E-state index in [0.717, 1.165) is 15.9 Å². The zero-order chi connectivity index (χ0) is 14.9. The van der Waals surface area contributed by atoms with Gasteiger partial charge in [0.25, 0.3) is 10.0 Å². The van der Waals surface area contributed by atoms with E-state index in [9.17, 15) is 12.8 Å². The van der Waals surface area contributed by atoms with Crippen LogP contribution in [-0.2, 0) is 10.0 Å². The minimum absolute atomic E-state index is 0.0763. The fourth-order valence-corrected chi connectivity index (χ4v) is 2.97. The maximum Gasteiger partial charge on any atom is 0.264 e. The van der Waals surface area contributed by atoms with Crippen LogP contribution in [0.4, 0.5) is 15.8 Å². The molecule has 0 saturated carbocycles. The molecule has 0 heterocycles. The molecule has 0 aliphatic carbocycles. The van der Waals surface area contributed by atoms with Crippen molar-refractivity contribution >= 4 is 21.4 Å². The second kappa shape index (κ2) is 5.13. The Morgan fingerprint density at radius 2 is 1.85 bits per heavy atom. The largest absolute Gasteiger partial charge is 0.398 e. The number of hydrogen-bond acceptors (Lipinski definition) is 3. The topological polar surface area (TPSA) is 63.4 Å². The number of sulfonamides is 1. The van der Waals surface area contributed by atoms with E-state index in [1.165, 1.54) is 37.4 Å². The van der Waals surface area contributed by atoms with Gasteiger partial charge in [-0.25, -0.2) is 12.8 Å². The number of nitrogens with two attached hydrogens (primary N) is 1. The van der Waals surface area contributed by atoms with Gasteiger partial charge in [0, 0.05) is 12.7 Å². The van der Waals surface area contributed by atoms with Crippen molar-refractivity contribution < 1.29 is 12.8 Å². The van der Waals surface area contributed by atoms with Gasteiger partial charge in [0.05, 0.1) is 10.6 Å². The molecule has 0 aliphatic heterocycles. The van der Waals surface area contributed by atoms with Gasteiger partial charge in [-0.3, -0.25) is 4.31 Å². The Balaban J connectivity index is 2.46. The predicted molar refractivity (Wildman–Crippen MR) is 77.6 cm³/mol. The average Bonchev–Trinajstić information content (AvgIpc) is 2.40. The van der Waals surface area contributed by atoms with Crippen LogP contribution in [0.3, 0.4) is 0 Å². The first-order chi connectivity index (χ1) is 9.32. The molecule has 2 rings (SSSR count). The molecule has 0 fully saturated rings. The lowest BCUT2D eigenvalue weighted by Gasteiger charge is -2.20. The van der Waals surface area contributed by atoms with E-state index in [2.05, 4.69) is 0 Å². The standard InChI is InChI=1S/C14H15FN2O2S/c1-10-6-7-13(9-14(10)16)20(18,19)17(2)12-5-3-4-11(15)8-12/h3-9H,16H2,1-2H3. The number of hydrogen-bond donors (Lipinski definition) is 1. The smallest absolute Gasteiger partial charge is 0.264 e. The highest BCUT2D eigenvalue weighted by Gasteiger charge is 2.22. The highest BCUT2D eigenvalue weighted by Crippen LogP contribution is 2.24. The number of nitrogens with zero attached hydrogens (tertiary/aromatic N) is 1. The fourth-order valence-electron chi connectivity index (χ4n) is 1.75. The number of aryl methyl sites for hydroxylation is 1. The van der Waals surface area contributed by atoms with E-state index in [4.69, 9.17) is 5.73 Å². The molecule has 0 radical (unpaired) electrons. The molecule has 20 heavy (non-hydrogen) atoms. The van der Waals surface area contributed by atoms with Crippen LogP contribution in [0.15, 0.2) is 47.4 Å². The quantitative estimate of drug-likeness (QED) is 0.885. The summed E-state index contributed by atoms with van der Waals surface area (Å²) in [5.41, 5.74) is 7.20. The van der Waals surface area contributed by atoms with E-state index >= 15 is 0 Å². The van der Waals surface area contributed by atoms with Crippen LogP contribution in [0.1, 0.15) is 5.56 Å². The van der Waals surface area contributed by atoms with Crippen molar-refractivity contribution in [2.45, 2.75) is 11.8 Å². The van der Waals surface area contributed by atoms with Crippen molar-refractivity contribution in [3.63, 3.8) is 0 Å². The predicted octanol–water partition coefficient (Wildman–Crippen LogP) is 2.54. The first-order valence-corrected chi connectivity index (χ1v) is 7.37. The number of nitrogen functional groups attached to an aromatic ring is 1. The molecule has 4 nitrogen and oxygen atoms in total. The highest BCUT2D eigenvalue weighted by molar-refractivity contribution is 7.92. The molecule has 6 heteroatoms. The van der Waals surface area contributed by atoms with E-state index in [1.54, 1.807) is 13.0 Å². The zero-order valence-electron chi connectivity index (χ0n) is 11.2. The van der Waals surface area contributed by atoms with Crippen LogP contribution in [0.25, 0.3) is 0 Å². The molecule has 0 spiro atoms. The van der Waals surface area contributed by atoms with Crippen molar-refractivity contribution in [2.75, 3.05) is 17.1 Å². The van der Waals surface area contributed by atoms with Crippen LogP contribution in [-0.4, -0.2) is 15.5 Å². The summed E-state index contributed by atoms with van der Waals surface area (Å²) in [7, 11) is -2.39. The summed E-state index contributed by atoms with van der Waals surface area (Å²) in [6.07, 6.45) is 0. The Morgan fingerprint density at radius 3 is 2.45 bits per heavy atom. The summed E-state index contributed by atoms with van der Waals surface area (Å²) in [4.78, 5) is 0.0763. The van der Waals surface area contributed by atoms with Gasteiger partial charge in [0.2, 0.25) is 0 Å². The van der Waals surface area contributed by atoms with Gasteiger partial charge >= 0.3 is 0 Å². The highest BCUT2D eigenvalue weighted by atomic mass is 32.2. The Hall–Kier alpha value is -2.08. The third-order valence-corrected chi connectivity index (χ3v) is 4.86. The Morgan fingerprint density at radius 1 is 1.15 bits per heavy atom. The monoisotopic (exact) mass is 294 g/mol. The average molecular weight is 294 g/mol. The summed E-state index contributed by atoms with van der Waals surface area (Å²) < 4.78 is 39.1. The molecular weight excluding hydrogens is 279 g/mol. The first-order valence-electron chi connectivity index (χ1n) is 5.93. The maximum absolute atomic E-state index is 13.2. The van der Waals surface area contributed by atoms with Crippen LogP contribution in [0.2, 0.25) is 0 Å². The van der Waals surface area contributed by atoms with Crippen molar-refractivity contribution in [1.82, 2.24) is 0 Å². The number of anilines is 2. The van der Waals surface area contributed by atoms with Gasteiger partial charge in [0.1, 0.15) is 5.82 Å². The lowest BCUT2D eigenvalue weighted by molar-refractivity contribution is 0.594. The summed E-state index contributed by atoms with van der Waals surface area (Å²) in [5.74, 6) is -0.493. The molecular formula is C14H15FN2O2S. The van der Waals surface area contributed by atoms with Crippen molar-refractivity contribution in [1.29, 1.82) is 0 Å². The SMILES string of the molecule is Cc1ccc(S(=O)(=O)N(C)c2cccc(F)c2)cc1N. The van der Waals surface area contributed by atoms with Crippen LogP contribution in [0.5, 0.6) is 0 Å². The molecule has 0 aliphatic rings. The van der Waals surface area contributed by atoms with E-state index in [1.807, 2.05) is 0 Å². The van der Waals surface area contributed by atoms with Crippen molar-refractivity contribution in [3.8, 4) is 0 Å². The summed E-state index contributed by atoms with van der Waals surface area (Å²) in [6, 6.07) is 9.93.